The maximum Gasteiger partial charge on any atom is 0.534 e. The van der Waals surface area contributed by atoms with E-state index in [0.29, 0.717) is 19.8 Å². The lowest BCUT2D eigenvalue weighted by Crippen LogP contribution is -2.52. The zero-order valence-electron chi connectivity index (χ0n) is 10.1. The Hall–Kier alpha value is 0.0569. The molecule has 0 aliphatic carbocycles. The third-order valence-corrected chi connectivity index (χ3v) is 5.65. The Morgan fingerprint density at radius 1 is 0.933 bits per heavy atom. The smallest absolute Gasteiger partial charge is 0.372 e. The van der Waals surface area contributed by atoms with Crippen molar-refractivity contribution in [3.05, 3.63) is 0 Å². The van der Waals surface area contributed by atoms with Gasteiger partial charge in [0.25, 0.3) is 0 Å². The Kier molecular flexibility index (Phi) is 5.21. The van der Waals surface area contributed by atoms with Crippen LogP contribution in [0.15, 0.2) is 0 Å². The number of hydrogen-bond donors (Lipinski definition) is 0. The summed E-state index contributed by atoms with van der Waals surface area (Å²) in [6.07, 6.45) is 1.26. The van der Waals surface area contributed by atoms with Crippen molar-refractivity contribution in [3.8, 4) is 0 Å². The van der Waals surface area contributed by atoms with E-state index in [1.165, 1.54) is 0 Å². The fourth-order valence-electron chi connectivity index (χ4n) is 1.74. The van der Waals surface area contributed by atoms with E-state index in [2.05, 4.69) is 6.92 Å². The van der Waals surface area contributed by atoms with E-state index >= 15 is 0 Å². The predicted octanol–water partition coefficient (Wildman–Crippen LogP) is 1.75. The molecular weight excluding hydrogens is 212 g/mol. The Morgan fingerprint density at radius 3 is 1.67 bits per heavy atom. The van der Waals surface area contributed by atoms with Crippen molar-refractivity contribution in [1.29, 1.82) is 0 Å². The first-order chi connectivity index (χ1) is 7.24. The van der Waals surface area contributed by atoms with Gasteiger partial charge >= 0.3 is 8.80 Å². The van der Waals surface area contributed by atoms with Gasteiger partial charge in [0, 0.05) is 19.8 Å². The predicted molar refractivity (Wildman–Crippen MR) is 59.6 cm³/mol. The molecule has 2 unspecified atom stereocenters. The minimum atomic E-state index is -2.57. The molecule has 1 heterocycles. The van der Waals surface area contributed by atoms with E-state index in [9.17, 15) is 0 Å². The quantitative estimate of drug-likeness (QED) is 0.474. The molecule has 1 aliphatic rings. The van der Waals surface area contributed by atoms with Gasteiger partial charge in [0.15, 0.2) is 5.73 Å². The molecule has 0 spiro atoms. The molecule has 15 heavy (non-hydrogen) atoms. The summed E-state index contributed by atoms with van der Waals surface area (Å²) in [5.41, 5.74) is 0.0577. The van der Waals surface area contributed by atoms with Crippen LogP contribution in [0, 0.1) is 0 Å². The van der Waals surface area contributed by atoms with Crippen LogP contribution in [0.25, 0.3) is 0 Å². The van der Waals surface area contributed by atoms with Gasteiger partial charge in [-0.1, -0.05) is 6.92 Å². The van der Waals surface area contributed by atoms with Crippen molar-refractivity contribution in [2.24, 2.45) is 0 Å². The molecule has 0 radical (unpaired) electrons. The summed E-state index contributed by atoms with van der Waals surface area (Å²) in [5.74, 6) is 0. The summed E-state index contributed by atoms with van der Waals surface area (Å²) >= 11 is 0. The summed E-state index contributed by atoms with van der Waals surface area (Å²) in [7, 11) is -2.57. The third kappa shape index (κ3) is 3.01. The van der Waals surface area contributed by atoms with E-state index in [0.717, 1.165) is 6.42 Å². The van der Waals surface area contributed by atoms with E-state index in [-0.39, 0.29) is 11.8 Å². The van der Waals surface area contributed by atoms with Crippen LogP contribution in [0.4, 0.5) is 0 Å². The summed E-state index contributed by atoms with van der Waals surface area (Å²) < 4.78 is 22.8. The molecule has 2 atom stereocenters. The molecule has 0 N–H and O–H groups in total. The summed E-state index contributed by atoms with van der Waals surface area (Å²) in [6, 6.07) is 0. The van der Waals surface area contributed by atoms with Gasteiger partial charge in [0.1, 0.15) is 0 Å². The Labute approximate surface area is 93.2 Å². The maximum atomic E-state index is 5.74. The van der Waals surface area contributed by atoms with Gasteiger partial charge in [-0.15, -0.1) is 0 Å². The van der Waals surface area contributed by atoms with Crippen molar-refractivity contribution < 1.29 is 18.0 Å². The molecule has 90 valence electrons. The van der Waals surface area contributed by atoms with Crippen LogP contribution in [0.5, 0.6) is 0 Å². The first-order valence-corrected chi connectivity index (χ1v) is 7.61. The largest absolute Gasteiger partial charge is 0.534 e. The lowest BCUT2D eigenvalue weighted by atomic mass is 10.4. The molecule has 0 aromatic carbocycles. The summed E-state index contributed by atoms with van der Waals surface area (Å²) in [4.78, 5) is 0. The van der Waals surface area contributed by atoms with Crippen LogP contribution in [-0.2, 0) is 18.0 Å². The number of ether oxygens (including phenoxy) is 1. The van der Waals surface area contributed by atoms with E-state index in [1.807, 2.05) is 20.8 Å². The second-order valence-electron chi connectivity index (χ2n) is 3.41. The number of rotatable bonds is 8. The van der Waals surface area contributed by atoms with Gasteiger partial charge < -0.3 is 18.0 Å². The standard InChI is InChI=1S/C10H22O4Si/c1-5-9-10(14-9)15(11-6-2,12-7-3)13-8-4/h9-10H,5-8H2,1-4H3. The van der Waals surface area contributed by atoms with Gasteiger partial charge in [-0.3, -0.25) is 0 Å². The highest BCUT2D eigenvalue weighted by molar-refractivity contribution is 6.63. The average molecular weight is 234 g/mol. The molecule has 1 saturated heterocycles. The Balaban J connectivity index is 2.63. The molecule has 1 aliphatic heterocycles. The Bertz CT molecular complexity index is 171. The minimum Gasteiger partial charge on any atom is -0.372 e. The average Bonchev–Trinajstić information content (AvgIpc) is 2.98. The summed E-state index contributed by atoms with van der Waals surface area (Å²) in [5, 5.41) is 0. The van der Waals surface area contributed by atoms with E-state index in [4.69, 9.17) is 18.0 Å². The lowest BCUT2D eigenvalue weighted by molar-refractivity contribution is 0.0609. The zero-order chi connectivity index (χ0) is 11.3. The molecule has 0 amide bonds. The van der Waals surface area contributed by atoms with Crippen molar-refractivity contribution >= 4 is 8.80 Å². The first-order valence-electron chi connectivity index (χ1n) is 5.81. The molecule has 5 heteroatoms. The monoisotopic (exact) mass is 234 g/mol. The molecule has 0 saturated carbocycles. The maximum absolute atomic E-state index is 5.74. The molecule has 1 fully saturated rings. The van der Waals surface area contributed by atoms with E-state index < -0.39 is 8.80 Å². The second kappa shape index (κ2) is 5.96. The fraction of sp³-hybridized carbons (Fsp3) is 1.00. The van der Waals surface area contributed by atoms with E-state index in [1.54, 1.807) is 0 Å². The highest BCUT2D eigenvalue weighted by Crippen LogP contribution is 2.35. The van der Waals surface area contributed by atoms with Crippen molar-refractivity contribution in [2.75, 3.05) is 19.8 Å². The minimum absolute atomic E-state index is 0.0577. The molecule has 0 aromatic heterocycles. The van der Waals surface area contributed by atoms with Gasteiger partial charge in [-0.25, -0.2) is 0 Å². The normalized spacial score (nSPS) is 25.6. The number of hydrogen-bond acceptors (Lipinski definition) is 4. The van der Waals surface area contributed by atoms with Gasteiger partial charge in [0.2, 0.25) is 0 Å². The second-order valence-corrected chi connectivity index (χ2v) is 6.05. The number of epoxide rings is 1. The van der Waals surface area contributed by atoms with Crippen LogP contribution in [0.1, 0.15) is 34.1 Å². The van der Waals surface area contributed by atoms with Crippen LogP contribution >= 0.6 is 0 Å². The molecule has 0 bridgehead atoms. The molecular formula is C10H22O4Si. The van der Waals surface area contributed by atoms with Gasteiger partial charge in [0.05, 0.1) is 6.10 Å². The van der Waals surface area contributed by atoms with Crippen molar-refractivity contribution in [2.45, 2.75) is 45.9 Å². The highest BCUT2D eigenvalue weighted by atomic mass is 28.4. The van der Waals surface area contributed by atoms with Crippen molar-refractivity contribution in [1.82, 2.24) is 0 Å². The van der Waals surface area contributed by atoms with Crippen LogP contribution in [-0.4, -0.2) is 40.5 Å². The molecule has 1 rings (SSSR count). The molecule has 4 nitrogen and oxygen atoms in total. The summed E-state index contributed by atoms with van der Waals surface area (Å²) in [6.45, 7) is 9.83. The van der Waals surface area contributed by atoms with Gasteiger partial charge in [-0.2, -0.15) is 0 Å². The first kappa shape index (κ1) is 13.1. The zero-order valence-corrected chi connectivity index (χ0v) is 11.1. The lowest BCUT2D eigenvalue weighted by Gasteiger charge is -2.26. The third-order valence-electron chi connectivity index (χ3n) is 2.37. The van der Waals surface area contributed by atoms with Crippen LogP contribution in [0.2, 0.25) is 0 Å². The highest BCUT2D eigenvalue weighted by Gasteiger charge is 2.62. The Morgan fingerprint density at radius 2 is 1.40 bits per heavy atom. The topological polar surface area (TPSA) is 40.2 Å². The van der Waals surface area contributed by atoms with Crippen molar-refractivity contribution in [3.63, 3.8) is 0 Å². The SMILES string of the molecule is CCO[Si](OCC)(OCC)C1OC1CC. The fourth-order valence-corrected chi connectivity index (χ4v) is 4.72. The molecule has 0 aromatic rings. The van der Waals surface area contributed by atoms with Crippen LogP contribution < -0.4 is 0 Å². The van der Waals surface area contributed by atoms with Crippen LogP contribution in [0.3, 0.4) is 0 Å². The van der Waals surface area contributed by atoms with Gasteiger partial charge in [-0.05, 0) is 27.2 Å².